The molecule has 2 fully saturated rings. The fourth-order valence-electron chi connectivity index (χ4n) is 6.14. The number of benzene rings is 1. The van der Waals surface area contributed by atoms with Crippen LogP contribution in [0.15, 0.2) is 36.5 Å². The van der Waals surface area contributed by atoms with Gasteiger partial charge in [-0.25, -0.2) is 0 Å². The summed E-state index contributed by atoms with van der Waals surface area (Å²) in [7, 11) is 2.28. The number of nitrogens with one attached hydrogen (secondary N) is 1. The van der Waals surface area contributed by atoms with Crippen LogP contribution in [0.25, 0.3) is 0 Å². The summed E-state index contributed by atoms with van der Waals surface area (Å²) in [6.07, 6.45) is 8.18. The zero-order valence-electron chi connectivity index (χ0n) is 17.9. The molecule has 5 heteroatoms. The fraction of sp³-hybridized carbons (Fsp3) is 0.560. The zero-order chi connectivity index (χ0) is 20.1. The van der Waals surface area contributed by atoms with Crippen LogP contribution in [0.1, 0.15) is 47.7 Å². The third-order valence-electron chi connectivity index (χ3n) is 7.66. The van der Waals surface area contributed by atoms with E-state index in [1.807, 2.05) is 6.20 Å². The Morgan fingerprint density at radius 2 is 2.17 bits per heavy atom. The monoisotopic (exact) mass is 404 g/mol. The highest BCUT2D eigenvalue weighted by Gasteiger charge is 2.40. The minimum atomic E-state index is 0.294. The van der Waals surface area contributed by atoms with Gasteiger partial charge in [0.25, 0.3) is 0 Å². The highest BCUT2D eigenvalue weighted by atomic mass is 16.5. The number of aryl methyl sites for hydroxylation is 1. The van der Waals surface area contributed by atoms with E-state index in [1.165, 1.54) is 53.8 Å². The molecule has 5 nitrogen and oxygen atoms in total. The van der Waals surface area contributed by atoms with Crippen molar-refractivity contribution in [2.45, 2.75) is 57.0 Å². The summed E-state index contributed by atoms with van der Waals surface area (Å²) in [5.41, 5.74) is 7.15. The van der Waals surface area contributed by atoms with Crippen LogP contribution in [0.4, 0.5) is 5.69 Å². The first-order valence-electron chi connectivity index (χ1n) is 11.6. The van der Waals surface area contributed by atoms with E-state index in [2.05, 4.69) is 52.5 Å². The summed E-state index contributed by atoms with van der Waals surface area (Å²) in [5.74, 6) is 0.716. The molecule has 1 N–H and O–H groups in total. The number of pyridine rings is 1. The Balaban J connectivity index is 1.20. The third kappa shape index (κ3) is 3.24. The van der Waals surface area contributed by atoms with E-state index in [4.69, 9.17) is 9.72 Å². The van der Waals surface area contributed by atoms with E-state index in [0.717, 1.165) is 32.7 Å². The number of fused-ring (bicyclic) bond motifs is 4. The number of hydrogen-bond acceptors (Lipinski definition) is 5. The van der Waals surface area contributed by atoms with E-state index in [1.54, 1.807) is 0 Å². The van der Waals surface area contributed by atoms with Gasteiger partial charge in [-0.15, -0.1) is 0 Å². The molecule has 4 atom stereocenters. The van der Waals surface area contributed by atoms with Crippen LogP contribution in [-0.2, 0) is 24.1 Å². The SMILES string of the molecule is CN(C[C@H]1Cc2c(cccc2N2C[C@@H]3CO[C@H]2C3)CN1)[C@H]1CCCc2cccnc21. The lowest BCUT2D eigenvalue weighted by atomic mass is 9.89. The standard InChI is InChI=1S/C25H32N4O/c1-28(23-9-2-5-18-7-4-10-26-25(18)23)15-20-12-21-19(13-27-20)6-3-8-22(21)29-14-17-11-24(29)30-16-17/h3-4,6-8,10,17,20,23-24,27H,2,5,9,11-16H2,1H3/t17-,20-,23+,24+/m1/s1. The van der Waals surface area contributed by atoms with Gasteiger partial charge in [-0.05, 0) is 68.0 Å². The predicted octanol–water partition coefficient (Wildman–Crippen LogP) is 3.29. The van der Waals surface area contributed by atoms with Crippen molar-refractivity contribution < 1.29 is 4.74 Å². The van der Waals surface area contributed by atoms with Crippen LogP contribution >= 0.6 is 0 Å². The maximum absolute atomic E-state index is 6.01. The van der Waals surface area contributed by atoms with Crippen molar-refractivity contribution in [1.82, 2.24) is 15.2 Å². The van der Waals surface area contributed by atoms with Gasteiger partial charge in [0.05, 0.1) is 18.3 Å². The first-order chi connectivity index (χ1) is 14.8. The van der Waals surface area contributed by atoms with Crippen LogP contribution in [0, 0.1) is 5.92 Å². The van der Waals surface area contributed by atoms with E-state index in [9.17, 15) is 0 Å². The first-order valence-corrected chi connectivity index (χ1v) is 11.6. The molecular weight excluding hydrogens is 372 g/mol. The molecule has 2 saturated heterocycles. The molecule has 0 unspecified atom stereocenters. The summed E-state index contributed by atoms with van der Waals surface area (Å²) in [6, 6.07) is 12.1. The molecule has 4 heterocycles. The number of rotatable bonds is 4. The van der Waals surface area contributed by atoms with Crippen molar-refractivity contribution in [2.24, 2.45) is 5.92 Å². The zero-order valence-corrected chi connectivity index (χ0v) is 17.9. The van der Waals surface area contributed by atoms with Crippen LogP contribution in [-0.4, -0.2) is 48.9 Å². The Labute approximate surface area is 179 Å². The molecule has 158 valence electrons. The highest BCUT2D eigenvalue weighted by Crippen LogP contribution is 2.39. The van der Waals surface area contributed by atoms with Crippen molar-refractivity contribution in [2.75, 3.05) is 31.6 Å². The second-order valence-corrected chi connectivity index (χ2v) is 9.63. The molecule has 0 spiro atoms. The summed E-state index contributed by atoms with van der Waals surface area (Å²) < 4.78 is 6.01. The Hall–Kier alpha value is -1.95. The maximum atomic E-state index is 6.01. The van der Waals surface area contributed by atoms with Gasteiger partial charge in [0.1, 0.15) is 6.23 Å². The van der Waals surface area contributed by atoms with Crippen LogP contribution < -0.4 is 10.2 Å². The van der Waals surface area contributed by atoms with Gasteiger partial charge < -0.3 is 15.0 Å². The van der Waals surface area contributed by atoms with E-state index in [-0.39, 0.29) is 0 Å². The van der Waals surface area contributed by atoms with E-state index < -0.39 is 0 Å². The molecule has 0 amide bonds. The number of ether oxygens (including phenoxy) is 1. The van der Waals surface area contributed by atoms with Gasteiger partial charge >= 0.3 is 0 Å². The Morgan fingerprint density at radius 1 is 1.23 bits per heavy atom. The molecule has 2 aromatic rings. The normalized spacial score (nSPS) is 29.9. The second kappa shape index (κ2) is 7.63. The van der Waals surface area contributed by atoms with Crippen molar-refractivity contribution >= 4 is 5.69 Å². The van der Waals surface area contributed by atoms with Gasteiger partial charge in [-0.1, -0.05) is 18.2 Å². The second-order valence-electron chi connectivity index (χ2n) is 9.63. The van der Waals surface area contributed by atoms with E-state index >= 15 is 0 Å². The van der Waals surface area contributed by atoms with Crippen LogP contribution in [0.5, 0.6) is 0 Å². The molecule has 3 aliphatic heterocycles. The van der Waals surface area contributed by atoms with Crippen molar-refractivity contribution in [3.05, 3.63) is 58.9 Å². The quantitative estimate of drug-likeness (QED) is 0.847. The smallest absolute Gasteiger partial charge is 0.130 e. The number of anilines is 1. The summed E-state index contributed by atoms with van der Waals surface area (Å²) in [6.45, 7) is 4.12. The maximum Gasteiger partial charge on any atom is 0.130 e. The Kier molecular flexibility index (Phi) is 4.78. The van der Waals surface area contributed by atoms with E-state index in [0.29, 0.717) is 24.2 Å². The molecule has 1 aromatic heterocycles. The highest BCUT2D eigenvalue weighted by molar-refractivity contribution is 5.59. The van der Waals surface area contributed by atoms with Gasteiger partial charge in [-0.2, -0.15) is 0 Å². The Morgan fingerprint density at radius 3 is 3.03 bits per heavy atom. The van der Waals surface area contributed by atoms with Gasteiger partial charge in [0.2, 0.25) is 0 Å². The lowest BCUT2D eigenvalue weighted by Gasteiger charge is -2.38. The molecule has 1 aromatic carbocycles. The first kappa shape index (κ1) is 18.8. The number of aromatic nitrogens is 1. The van der Waals surface area contributed by atoms with Crippen molar-refractivity contribution in [3.8, 4) is 0 Å². The molecule has 30 heavy (non-hydrogen) atoms. The van der Waals surface area contributed by atoms with Crippen molar-refractivity contribution in [1.29, 1.82) is 0 Å². The average molecular weight is 405 g/mol. The largest absolute Gasteiger partial charge is 0.358 e. The lowest BCUT2D eigenvalue weighted by molar-refractivity contribution is 0.0857. The topological polar surface area (TPSA) is 40.6 Å². The molecule has 2 bridgehead atoms. The predicted molar refractivity (Wildman–Crippen MR) is 119 cm³/mol. The Bertz CT molecular complexity index is 931. The van der Waals surface area contributed by atoms with Gasteiger partial charge in [-0.3, -0.25) is 9.88 Å². The molecule has 0 saturated carbocycles. The number of nitrogens with zero attached hydrogens (tertiary/aromatic N) is 3. The van der Waals surface area contributed by atoms with Gasteiger partial charge in [0.15, 0.2) is 0 Å². The van der Waals surface area contributed by atoms with Crippen molar-refractivity contribution in [3.63, 3.8) is 0 Å². The lowest BCUT2D eigenvalue weighted by Crippen LogP contribution is -2.46. The summed E-state index contributed by atoms with van der Waals surface area (Å²) >= 11 is 0. The number of hydrogen-bond donors (Lipinski definition) is 1. The summed E-state index contributed by atoms with van der Waals surface area (Å²) in [5, 5.41) is 3.81. The number of likely N-dealkylation sites (N-methyl/N-ethyl adjacent to an activating group) is 1. The molecular formula is C25H32N4O. The average Bonchev–Trinajstić information content (AvgIpc) is 3.42. The fourth-order valence-corrected chi connectivity index (χ4v) is 6.14. The molecule has 1 aliphatic carbocycles. The van der Waals surface area contributed by atoms with Crippen LogP contribution in [0.3, 0.4) is 0 Å². The van der Waals surface area contributed by atoms with Gasteiger partial charge in [0, 0.05) is 43.5 Å². The minimum Gasteiger partial charge on any atom is -0.358 e. The molecule has 4 aliphatic rings. The third-order valence-corrected chi connectivity index (χ3v) is 7.66. The summed E-state index contributed by atoms with van der Waals surface area (Å²) in [4.78, 5) is 9.82. The minimum absolute atomic E-state index is 0.294. The molecule has 0 radical (unpaired) electrons. The molecule has 6 rings (SSSR count). The van der Waals surface area contributed by atoms with Crippen LogP contribution in [0.2, 0.25) is 0 Å².